The van der Waals surface area contributed by atoms with Gasteiger partial charge in [-0.3, -0.25) is 0 Å². The molecule has 2 aromatic carbocycles. The fourth-order valence-corrected chi connectivity index (χ4v) is 1.37. The van der Waals surface area contributed by atoms with Crippen molar-refractivity contribution in [3.05, 3.63) is 53.1 Å². The standard InChI is InChI=1S/C13H7ClNO2/c14-10-1-3-11(4-2-10)17-12-5-6-13(16)9(7-12)8-15/h1-6,16H. The second-order valence-electron chi connectivity index (χ2n) is 3.25. The van der Waals surface area contributed by atoms with Crippen LogP contribution >= 0.6 is 11.6 Å². The Morgan fingerprint density at radius 2 is 1.88 bits per heavy atom. The second-order valence-corrected chi connectivity index (χ2v) is 3.69. The van der Waals surface area contributed by atoms with E-state index in [1.165, 1.54) is 12.1 Å². The molecule has 0 saturated carbocycles. The molecule has 4 heteroatoms. The molecule has 83 valence electrons. The van der Waals surface area contributed by atoms with Crippen molar-refractivity contribution < 1.29 is 9.84 Å². The van der Waals surface area contributed by atoms with Crippen molar-refractivity contribution in [2.24, 2.45) is 0 Å². The zero-order valence-electron chi connectivity index (χ0n) is 8.64. The van der Waals surface area contributed by atoms with E-state index in [4.69, 9.17) is 21.6 Å². The summed E-state index contributed by atoms with van der Waals surface area (Å²) in [7, 11) is 0. The molecule has 0 heterocycles. The summed E-state index contributed by atoms with van der Waals surface area (Å²) in [4.78, 5) is 0. The number of phenolic OH excluding ortho intramolecular Hbond substituents is 1. The molecule has 1 radical (unpaired) electrons. The van der Waals surface area contributed by atoms with E-state index in [1.807, 2.05) is 6.07 Å². The summed E-state index contributed by atoms with van der Waals surface area (Å²) in [6, 6.07) is 14.2. The van der Waals surface area contributed by atoms with Crippen LogP contribution in [-0.2, 0) is 0 Å². The number of ether oxygens (including phenoxy) is 1. The average molecular weight is 245 g/mol. The van der Waals surface area contributed by atoms with Gasteiger partial charge in [0.05, 0.1) is 6.07 Å². The van der Waals surface area contributed by atoms with Crippen LogP contribution in [0.2, 0.25) is 5.02 Å². The Labute approximate surface area is 103 Å². The lowest BCUT2D eigenvalue weighted by Crippen LogP contribution is -1.86. The van der Waals surface area contributed by atoms with Crippen molar-refractivity contribution in [3.63, 3.8) is 0 Å². The third-order valence-corrected chi connectivity index (χ3v) is 2.30. The van der Waals surface area contributed by atoms with Gasteiger partial charge in [0, 0.05) is 5.02 Å². The second kappa shape index (κ2) is 4.77. The normalized spacial score (nSPS) is 9.65. The number of nitrogens with zero attached hydrogens (tertiary/aromatic N) is 1. The number of benzene rings is 2. The molecule has 0 spiro atoms. The van der Waals surface area contributed by atoms with Crippen molar-refractivity contribution in [1.82, 2.24) is 0 Å². The van der Waals surface area contributed by atoms with Crippen LogP contribution in [0.4, 0.5) is 0 Å². The van der Waals surface area contributed by atoms with E-state index >= 15 is 0 Å². The summed E-state index contributed by atoms with van der Waals surface area (Å²) in [5.41, 5.74) is 0.0523. The molecule has 0 saturated heterocycles. The number of nitriles is 1. The van der Waals surface area contributed by atoms with Gasteiger partial charge in [0.1, 0.15) is 28.9 Å². The van der Waals surface area contributed by atoms with E-state index < -0.39 is 0 Å². The average Bonchev–Trinajstić information content (AvgIpc) is 2.34. The van der Waals surface area contributed by atoms with Gasteiger partial charge < -0.3 is 9.84 Å². The van der Waals surface area contributed by atoms with Gasteiger partial charge in [-0.05, 0) is 36.4 Å². The quantitative estimate of drug-likeness (QED) is 0.880. The number of halogens is 1. The smallest absolute Gasteiger partial charge is 0.137 e. The van der Waals surface area contributed by atoms with Gasteiger partial charge in [-0.1, -0.05) is 11.6 Å². The summed E-state index contributed by atoms with van der Waals surface area (Å²) in [6.07, 6.45) is 0. The van der Waals surface area contributed by atoms with Crippen molar-refractivity contribution in [1.29, 1.82) is 5.26 Å². The number of hydrogen-bond donors (Lipinski definition) is 1. The summed E-state index contributed by atoms with van der Waals surface area (Å²) >= 11 is 5.74. The van der Waals surface area contributed by atoms with Crippen molar-refractivity contribution in [3.8, 4) is 23.3 Å². The lowest BCUT2D eigenvalue weighted by molar-refractivity contribution is 0.462. The molecular formula is C13H7ClNO2. The maximum Gasteiger partial charge on any atom is 0.137 e. The fraction of sp³-hybridized carbons (Fsp3) is 0. The van der Waals surface area contributed by atoms with Gasteiger partial charge >= 0.3 is 0 Å². The zero-order chi connectivity index (χ0) is 12.3. The Bertz CT molecular complexity index is 573. The molecule has 0 aliphatic heterocycles. The van der Waals surface area contributed by atoms with Crippen LogP contribution in [0.15, 0.2) is 36.4 Å². The molecule has 0 aromatic heterocycles. The van der Waals surface area contributed by atoms with E-state index in [0.717, 1.165) is 0 Å². The topological polar surface area (TPSA) is 53.2 Å². The van der Waals surface area contributed by atoms with Crippen LogP contribution in [-0.4, -0.2) is 5.11 Å². The highest BCUT2D eigenvalue weighted by Crippen LogP contribution is 2.26. The fourth-order valence-electron chi connectivity index (χ4n) is 1.24. The Balaban J connectivity index is 2.25. The van der Waals surface area contributed by atoms with Crippen molar-refractivity contribution >= 4 is 11.6 Å². The predicted molar refractivity (Wildman–Crippen MR) is 63.2 cm³/mol. The van der Waals surface area contributed by atoms with Gasteiger partial charge in [0.2, 0.25) is 0 Å². The van der Waals surface area contributed by atoms with E-state index in [9.17, 15) is 5.11 Å². The van der Waals surface area contributed by atoms with E-state index in [1.54, 1.807) is 24.3 Å². The number of rotatable bonds is 2. The first kappa shape index (κ1) is 11.3. The Hall–Kier alpha value is -2.18. The number of aromatic hydroxyl groups is 1. The molecule has 0 atom stereocenters. The number of hydrogen-bond acceptors (Lipinski definition) is 3. The summed E-state index contributed by atoms with van der Waals surface area (Å²) in [6.45, 7) is 0. The van der Waals surface area contributed by atoms with E-state index in [-0.39, 0.29) is 11.3 Å². The largest absolute Gasteiger partial charge is 0.507 e. The SMILES string of the molecule is N#Cc1[c]c(Oc2ccc(Cl)cc2)ccc1O. The molecule has 0 bridgehead atoms. The maximum atomic E-state index is 9.31. The first-order valence-corrected chi connectivity index (χ1v) is 5.15. The molecule has 0 amide bonds. The molecule has 0 fully saturated rings. The molecule has 0 aliphatic carbocycles. The Kier molecular flexibility index (Phi) is 3.17. The van der Waals surface area contributed by atoms with Crippen molar-refractivity contribution in [2.45, 2.75) is 0 Å². The zero-order valence-corrected chi connectivity index (χ0v) is 9.40. The summed E-state index contributed by atoms with van der Waals surface area (Å²) in [5, 5.41) is 18.7. The van der Waals surface area contributed by atoms with Crippen LogP contribution in [0.5, 0.6) is 17.2 Å². The predicted octanol–water partition coefficient (Wildman–Crippen LogP) is 3.51. The summed E-state index contributed by atoms with van der Waals surface area (Å²) in [5.74, 6) is 0.831. The maximum absolute atomic E-state index is 9.31. The Morgan fingerprint density at radius 3 is 2.53 bits per heavy atom. The van der Waals surface area contributed by atoms with Crippen molar-refractivity contribution in [2.75, 3.05) is 0 Å². The van der Waals surface area contributed by atoms with Gasteiger partial charge in [0.15, 0.2) is 0 Å². The highest BCUT2D eigenvalue weighted by atomic mass is 35.5. The third-order valence-electron chi connectivity index (χ3n) is 2.05. The molecule has 3 nitrogen and oxygen atoms in total. The monoisotopic (exact) mass is 244 g/mol. The van der Waals surface area contributed by atoms with E-state index in [0.29, 0.717) is 16.5 Å². The molecule has 1 N–H and O–H groups in total. The third kappa shape index (κ3) is 2.68. The van der Waals surface area contributed by atoms with Crippen LogP contribution < -0.4 is 4.74 Å². The highest BCUT2D eigenvalue weighted by Gasteiger charge is 2.04. The number of phenols is 1. The Morgan fingerprint density at radius 1 is 1.18 bits per heavy atom. The van der Waals surface area contributed by atoms with Gasteiger partial charge in [0.25, 0.3) is 0 Å². The van der Waals surface area contributed by atoms with Crippen LogP contribution in [0.25, 0.3) is 0 Å². The minimum Gasteiger partial charge on any atom is -0.507 e. The molecule has 0 unspecified atom stereocenters. The molecule has 2 rings (SSSR count). The minimum absolute atomic E-state index is 0.0523. The van der Waals surface area contributed by atoms with E-state index in [2.05, 4.69) is 6.07 Å². The van der Waals surface area contributed by atoms with Crippen LogP contribution in [0.3, 0.4) is 0 Å². The molecule has 2 aromatic rings. The first-order valence-electron chi connectivity index (χ1n) is 4.78. The molecular weight excluding hydrogens is 238 g/mol. The first-order chi connectivity index (χ1) is 8.19. The van der Waals surface area contributed by atoms with Gasteiger partial charge in [-0.2, -0.15) is 5.26 Å². The van der Waals surface area contributed by atoms with Crippen LogP contribution in [0, 0.1) is 17.4 Å². The van der Waals surface area contributed by atoms with Gasteiger partial charge in [-0.15, -0.1) is 0 Å². The minimum atomic E-state index is -0.115. The lowest BCUT2D eigenvalue weighted by Gasteiger charge is -2.05. The molecule has 17 heavy (non-hydrogen) atoms. The van der Waals surface area contributed by atoms with Crippen LogP contribution in [0.1, 0.15) is 5.56 Å². The summed E-state index contributed by atoms with van der Waals surface area (Å²) < 4.78 is 5.45. The van der Waals surface area contributed by atoms with Gasteiger partial charge in [-0.25, -0.2) is 0 Å². The lowest BCUT2D eigenvalue weighted by atomic mass is 10.2. The molecule has 0 aliphatic rings. The highest BCUT2D eigenvalue weighted by molar-refractivity contribution is 6.30.